The van der Waals surface area contributed by atoms with Crippen molar-refractivity contribution in [2.75, 3.05) is 19.6 Å². The minimum absolute atomic E-state index is 0.229. The summed E-state index contributed by atoms with van der Waals surface area (Å²) in [7, 11) is 0. The molecule has 0 radical (unpaired) electrons. The van der Waals surface area contributed by atoms with E-state index in [1.54, 1.807) is 18.3 Å². The number of nitrogens with zero attached hydrogens (tertiary/aromatic N) is 2. The maximum atomic E-state index is 13.6. The summed E-state index contributed by atoms with van der Waals surface area (Å²) in [5.74, 6) is -1.60. The van der Waals surface area contributed by atoms with E-state index in [9.17, 15) is 13.9 Å². The molecule has 1 aliphatic rings. The SMILES string of the molecule is OC1CCN(CCn2ccc3c(F)c(F)ccc32)C1. The van der Waals surface area contributed by atoms with E-state index in [-0.39, 0.29) is 6.10 Å². The van der Waals surface area contributed by atoms with Crippen LogP contribution in [0.4, 0.5) is 8.78 Å². The van der Waals surface area contributed by atoms with Crippen LogP contribution < -0.4 is 0 Å². The predicted octanol–water partition coefficient (Wildman–Crippen LogP) is 1.99. The summed E-state index contributed by atoms with van der Waals surface area (Å²) < 4.78 is 28.6. The fourth-order valence-electron chi connectivity index (χ4n) is 2.67. The average molecular weight is 266 g/mol. The van der Waals surface area contributed by atoms with Crippen LogP contribution in [-0.2, 0) is 6.54 Å². The van der Waals surface area contributed by atoms with E-state index in [1.165, 1.54) is 0 Å². The summed E-state index contributed by atoms with van der Waals surface area (Å²) in [6.45, 7) is 3.10. The Kier molecular flexibility index (Phi) is 3.24. The first kappa shape index (κ1) is 12.6. The standard InChI is InChI=1S/C14H16F2N2O/c15-12-1-2-13-11(14(12)16)4-6-18(13)8-7-17-5-3-10(19)9-17/h1-2,4,6,10,19H,3,5,7-9H2. The molecule has 1 atom stereocenters. The highest BCUT2D eigenvalue weighted by atomic mass is 19.2. The van der Waals surface area contributed by atoms with Crippen LogP contribution in [0, 0.1) is 11.6 Å². The van der Waals surface area contributed by atoms with Crippen LogP contribution in [0.5, 0.6) is 0 Å². The average Bonchev–Trinajstić information content (AvgIpc) is 2.98. The van der Waals surface area contributed by atoms with Gasteiger partial charge in [0, 0.05) is 37.8 Å². The highest BCUT2D eigenvalue weighted by Crippen LogP contribution is 2.21. The Morgan fingerprint density at radius 3 is 2.79 bits per heavy atom. The van der Waals surface area contributed by atoms with Gasteiger partial charge in [0.2, 0.25) is 0 Å². The number of hydrogen-bond donors (Lipinski definition) is 1. The van der Waals surface area contributed by atoms with Gasteiger partial charge in [-0.25, -0.2) is 8.78 Å². The Bertz CT molecular complexity index is 596. The van der Waals surface area contributed by atoms with Crippen molar-refractivity contribution in [1.82, 2.24) is 9.47 Å². The Morgan fingerprint density at radius 1 is 1.21 bits per heavy atom. The normalized spacial score (nSPS) is 20.5. The number of fused-ring (bicyclic) bond motifs is 1. The fraction of sp³-hybridized carbons (Fsp3) is 0.429. The number of likely N-dealkylation sites (tertiary alicyclic amines) is 1. The van der Waals surface area contributed by atoms with Gasteiger partial charge in [-0.15, -0.1) is 0 Å². The second-order valence-electron chi connectivity index (χ2n) is 5.05. The van der Waals surface area contributed by atoms with Gasteiger partial charge in [-0.1, -0.05) is 0 Å². The van der Waals surface area contributed by atoms with Crippen LogP contribution >= 0.6 is 0 Å². The van der Waals surface area contributed by atoms with E-state index in [0.29, 0.717) is 24.0 Å². The highest BCUT2D eigenvalue weighted by Gasteiger charge is 2.19. The lowest BCUT2D eigenvalue weighted by atomic mass is 10.2. The summed E-state index contributed by atoms with van der Waals surface area (Å²) in [5, 5.41) is 9.78. The van der Waals surface area contributed by atoms with Crippen molar-refractivity contribution in [2.24, 2.45) is 0 Å². The zero-order valence-corrected chi connectivity index (χ0v) is 10.5. The molecule has 1 aromatic heterocycles. The first-order chi connectivity index (χ1) is 9.15. The van der Waals surface area contributed by atoms with Gasteiger partial charge in [-0.2, -0.15) is 0 Å². The number of aliphatic hydroxyl groups is 1. The molecule has 1 aromatic carbocycles. The van der Waals surface area contributed by atoms with Gasteiger partial charge in [-0.05, 0) is 24.6 Å². The molecule has 5 heteroatoms. The lowest BCUT2D eigenvalue weighted by Crippen LogP contribution is -2.26. The zero-order chi connectivity index (χ0) is 13.4. The van der Waals surface area contributed by atoms with Crippen LogP contribution in [0.15, 0.2) is 24.4 Å². The molecule has 2 aromatic rings. The van der Waals surface area contributed by atoms with Crippen LogP contribution in [0.25, 0.3) is 10.9 Å². The number of halogens is 2. The molecule has 19 heavy (non-hydrogen) atoms. The second kappa shape index (κ2) is 4.90. The molecule has 1 saturated heterocycles. The number of aromatic nitrogens is 1. The van der Waals surface area contributed by atoms with E-state index < -0.39 is 11.6 Å². The van der Waals surface area contributed by atoms with E-state index in [2.05, 4.69) is 4.90 Å². The molecule has 1 N–H and O–H groups in total. The molecule has 2 heterocycles. The first-order valence-corrected chi connectivity index (χ1v) is 6.48. The third kappa shape index (κ3) is 2.35. The van der Waals surface area contributed by atoms with Crippen LogP contribution in [0.3, 0.4) is 0 Å². The van der Waals surface area contributed by atoms with Gasteiger partial charge >= 0.3 is 0 Å². The fourth-order valence-corrected chi connectivity index (χ4v) is 2.67. The molecule has 1 aliphatic heterocycles. The maximum Gasteiger partial charge on any atom is 0.168 e. The quantitative estimate of drug-likeness (QED) is 0.920. The molecule has 0 saturated carbocycles. The summed E-state index contributed by atoms with van der Waals surface area (Å²) in [5.41, 5.74) is 0.707. The Labute approximate surface area is 110 Å². The van der Waals surface area contributed by atoms with Gasteiger partial charge in [0.25, 0.3) is 0 Å². The molecule has 102 valence electrons. The Morgan fingerprint density at radius 2 is 2.05 bits per heavy atom. The van der Waals surface area contributed by atoms with Crippen molar-refractivity contribution in [3.05, 3.63) is 36.0 Å². The number of benzene rings is 1. The highest BCUT2D eigenvalue weighted by molar-refractivity contribution is 5.80. The smallest absolute Gasteiger partial charge is 0.168 e. The van der Waals surface area contributed by atoms with Crippen molar-refractivity contribution in [3.8, 4) is 0 Å². The molecular formula is C14H16F2N2O. The molecule has 0 aliphatic carbocycles. The predicted molar refractivity (Wildman–Crippen MR) is 68.9 cm³/mol. The third-order valence-electron chi connectivity index (χ3n) is 3.74. The van der Waals surface area contributed by atoms with Crippen molar-refractivity contribution in [2.45, 2.75) is 19.1 Å². The van der Waals surface area contributed by atoms with Gasteiger partial charge < -0.3 is 9.67 Å². The summed E-state index contributed by atoms with van der Waals surface area (Å²) in [4.78, 5) is 2.18. The van der Waals surface area contributed by atoms with Gasteiger partial charge in [-0.3, -0.25) is 4.90 Å². The van der Waals surface area contributed by atoms with E-state index in [0.717, 1.165) is 25.6 Å². The van der Waals surface area contributed by atoms with Gasteiger partial charge in [0.05, 0.1) is 11.6 Å². The van der Waals surface area contributed by atoms with Crippen molar-refractivity contribution < 1.29 is 13.9 Å². The Hall–Kier alpha value is -1.46. The summed E-state index contributed by atoms with van der Waals surface area (Å²) >= 11 is 0. The molecule has 3 rings (SSSR count). The molecule has 0 amide bonds. The molecule has 1 unspecified atom stereocenters. The van der Waals surface area contributed by atoms with Gasteiger partial charge in [0.1, 0.15) is 0 Å². The van der Waals surface area contributed by atoms with Crippen molar-refractivity contribution >= 4 is 10.9 Å². The number of hydrogen-bond acceptors (Lipinski definition) is 2. The zero-order valence-electron chi connectivity index (χ0n) is 10.5. The van der Waals surface area contributed by atoms with E-state index in [1.807, 2.05) is 4.57 Å². The second-order valence-corrected chi connectivity index (χ2v) is 5.05. The first-order valence-electron chi connectivity index (χ1n) is 6.48. The molecular weight excluding hydrogens is 250 g/mol. The maximum absolute atomic E-state index is 13.6. The summed E-state index contributed by atoms with van der Waals surface area (Å²) in [6, 6.07) is 4.37. The van der Waals surface area contributed by atoms with Crippen molar-refractivity contribution in [1.29, 1.82) is 0 Å². The Balaban J connectivity index is 1.76. The largest absolute Gasteiger partial charge is 0.392 e. The lowest BCUT2D eigenvalue weighted by Gasteiger charge is -2.15. The summed E-state index contributed by atoms with van der Waals surface area (Å²) in [6.07, 6.45) is 2.36. The van der Waals surface area contributed by atoms with Crippen LogP contribution in [0.1, 0.15) is 6.42 Å². The van der Waals surface area contributed by atoms with Gasteiger partial charge in [0.15, 0.2) is 11.6 Å². The third-order valence-corrected chi connectivity index (χ3v) is 3.74. The topological polar surface area (TPSA) is 28.4 Å². The molecule has 3 nitrogen and oxygen atoms in total. The van der Waals surface area contributed by atoms with E-state index in [4.69, 9.17) is 0 Å². The molecule has 0 bridgehead atoms. The molecule has 1 fully saturated rings. The number of β-amino-alcohol motifs (C(OH)–C–C–N with tert-alkyl or cyclic N) is 1. The van der Waals surface area contributed by atoms with E-state index >= 15 is 0 Å². The minimum Gasteiger partial charge on any atom is -0.392 e. The molecule has 0 spiro atoms. The van der Waals surface area contributed by atoms with Crippen molar-refractivity contribution in [3.63, 3.8) is 0 Å². The minimum atomic E-state index is -0.812. The van der Waals surface area contributed by atoms with Crippen LogP contribution in [0.2, 0.25) is 0 Å². The monoisotopic (exact) mass is 266 g/mol. The lowest BCUT2D eigenvalue weighted by molar-refractivity contribution is 0.175. The van der Waals surface area contributed by atoms with Crippen LogP contribution in [-0.4, -0.2) is 40.3 Å². The number of aliphatic hydroxyl groups excluding tert-OH is 1. The number of rotatable bonds is 3.